The summed E-state index contributed by atoms with van der Waals surface area (Å²) in [4.78, 5) is 4.31. The lowest BCUT2D eigenvalue weighted by Crippen LogP contribution is -2.44. The minimum atomic E-state index is -4.36. The summed E-state index contributed by atoms with van der Waals surface area (Å²) >= 11 is 1.74. The normalized spacial score (nSPS) is 16.8. The Morgan fingerprint density at radius 1 is 1.18 bits per heavy atom. The summed E-state index contributed by atoms with van der Waals surface area (Å²) in [5.74, 6) is 2.00. The predicted octanol–water partition coefficient (Wildman–Crippen LogP) is 2.14. The number of rotatable bonds is 7. The van der Waals surface area contributed by atoms with E-state index in [1.807, 2.05) is 6.92 Å². The fraction of sp³-hybridized carbons (Fsp3) is 0.588. The second kappa shape index (κ2) is 10.4. The molecule has 28 heavy (non-hydrogen) atoms. The van der Waals surface area contributed by atoms with Gasteiger partial charge in [0.05, 0.1) is 17.9 Å². The summed E-state index contributed by atoms with van der Waals surface area (Å²) in [6.07, 6.45) is -4.36. The lowest BCUT2D eigenvalue weighted by atomic mass is 10.1. The number of hydrogen-bond acceptors (Lipinski definition) is 4. The van der Waals surface area contributed by atoms with Gasteiger partial charge in [-0.05, 0) is 24.6 Å². The quantitative estimate of drug-likeness (QED) is 0.504. The molecule has 2 N–H and O–H groups in total. The zero-order chi connectivity index (χ0) is 20.6. The number of sulfonamides is 1. The first-order valence-electron chi connectivity index (χ1n) is 8.96. The van der Waals surface area contributed by atoms with E-state index in [9.17, 15) is 21.6 Å². The van der Waals surface area contributed by atoms with Crippen molar-refractivity contribution >= 4 is 27.7 Å². The van der Waals surface area contributed by atoms with Crippen molar-refractivity contribution in [1.82, 2.24) is 14.9 Å². The van der Waals surface area contributed by atoms with Crippen molar-refractivity contribution in [2.75, 3.05) is 43.4 Å². The van der Waals surface area contributed by atoms with Crippen LogP contribution in [-0.2, 0) is 22.7 Å². The number of benzene rings is 1. The summed E-state index contributed by atoms with van der Waals surface area (Å²) < 4.78 is 64.0. The average Bonchev–Trinajstić information content (AvgIpc) is 2.66. The van der Waals surface area contributed by atoms with Gasteiger partial charge in [0, 0.05) is 37.7 Å². The van der Waals surface area contributed by atoms with Gasteiger partial charge in [-0.3, -0.25) is 0 Å². The van der Waals surface area contributed by atoms with Crippen molar-refractivity contribution in [3.63, 3.8) is 0 Å². The molecule has 0 bridgehead atoms. The van der Waals surface area contributed by atoms with Crippen molar-refractivity contribution in [1.29, 1.82) is 0 Å². The number of alkyl halides is 3. The molecule has 1 aliphatic rings. The fourth-order valence-electron chi connectivity index (χ4n) is 2.56. The van der Waals surface area contributed by atoms with Crippen LogP contribution in [0.5, 0.6) is 0 Å². The van der Waals surface area contributed by atoms with Gasteiger partial charge in [-0.1, -0.05) is 12.1 Å². The maximum absolute atomic E-state index is 12.6. The Morgan fingerprint density at radius 2 is 1.82 bits per heavy atom. The van der Waals surface area contributed by atoms with Crippen LogP contribution in [0.15, 0.2) is 29.3 Å². The maximum Gasteiger partial charge on any atom is 0.416 e. The van der Waals surface area contributed by atoms with E-state index in [0.717, 1.165) is 23.6 Å². The van der Waals surface area contributed by atoms with Crippen molar-refractivity contribution in [2.45, 2.75) is 19.6 Å². The molecule has 1 saturated heterocycles. The molecular formula is C17H25F3N4O2S2. The predicted molar refractivity (Wildman–Crippen MR) is 107 cm³/mol. The number of halogens is 3. The summed E-state index contributed by atoms with van der Waals surface area (Å²) in [6, 6.07) is 4.81. The number of guanidine groups is 1. The summed E-state index contributed by atoms with van der Waals surface area (Å²) in [5.41, 5.74) is -0.0739. The number of thioether (sulfide) groups is 1. The van der Waals surface area contributed by atoms with Gasteiger partial charge in [0.25, 0.3) is 0 Å². The van der Waals surface area contributed by atoms with E-state index < -0.39 is 21.8 Å². The highest BCUT2D eigenvalue weighted by Gasteiger charge is 2.29. The number of aliphatic imine (C=N–C) groups is 1. The Hall–Kier alpha value is -1.46. The Balaban J connectivity index is 1.89. The van der Waals surface area contributed by atoms with Crippen LogP contribution >= 0.6 is 11.8 Å². The molecule has 1 aromatic rings. The van der Waals surface area contributed by atoms with E-state index in [4.69, 9.17) is 0 Å². The highest BCUT2D eigenvalue weighted by atomic mass is 32.2. The maximum atomic E-state index is 12.6. The second-order valence-corrected chi connectivity index (χ2v) is 9.46. The van der Waals surface area contributed by atoms with E-state index in [-0.39, 0.29) is 18.8 Å². The summed E-state index contributed by atoms with van der Waals surface area (Å²) in [7, 11) is -3.31. The molecule has 1 fully saturated rings. The van der Waals surface area contributed by atoms with Crippen molar-refractivity contribution in [3.8, 4) is 0 Å². The Bertz CT molecular complexity index is 747. The molecule has 0 saturated carbocycles. The Kier molecular flexibility index (Phi) is 8.44. The van der Waals surface area contributed by atoms with Crippen LogP contribution < -0.4 is 10.6 Å². The summed E-state index contributed by atoms with van der Waals surface area (Å²) in [5, 5.41) is 5.97. The van der Waals surface area contributed by atoms with Crippen LogP contribution in [0.25, 0.3) is 0 Å². The standard InChI is InChI=1S/C17H25F3N4O2S2/c1-2-21-16(22-7-12-28(25,26)24-8-10-27-11-9-24)23-13-14-3-5-15(6-4-14)17(18,19)20/h3-6H,2,7-13H2,1H3,(H2,21,22,23). The Labute approximate surface area is 168 Å². The smallest absolute Gasteiger partial charge is 0.357 e. The fourth-order valence-corrected chi connectivity index (χ4v) is 5.05. The van der Waals surface area contributed by atoms with Crippen LogP contribution in [0, 0.1) is 0 Å². The lowest BCUT2D eigenvalue weighted by Gasteiger charge is -2.25. The third kappa shape index (κ3) is 7.17. The highest BCUT2D eigenvalue weighted by Crippen LogP contribution is 2.29. The third-order valence-electron chi connectivity index (χ3n) is 4.06. The molecule has 0 spiro atoms. The first-order valence-corrected chi connectivity index (χ1v) is 11.7. The van der Waals surface area contributed by atoms with Crippen LogP contribution in [0.4, 0.5) is 13.2 Å². The van der Waals surface area contributed by atoms with Crippen LogP contribution in [0.3, 0.4) is 0 Å². The van der Waals surface area contributed by atoms with E-state index in [1.54, 1.807) is 11.8 Å². The number of nitrogens with zero attached hydrogens (tertiary/aromatic N) is 2. The molecule has 0 atom stereocenters. The number of hydrogen-bond donors (Lipinski definition) is 2. The van der Waals surface area contributed by atoms with Gasteiger partial charge < -0.3 is 10.6 Å². The second-order valence-electron chi connectivity index (χ2n) is 6.14. The van der Waals surface area contributed by atoms with Gasteiger partial charge in [-0.25, -0.2) is 17.7 Å². The first-order chi connectivity index (χ1) is 13.2. The van der Waals surface area contributed by atoms with Crippen molar-refractivity contribution < 1.29 is 21.6 Å². The number of nitrogens with one attached hydrogen (secondary N) is 2. The van der Waals surface area contributed by atoms with Crippen LogP contribution in [0.2, 0.25) is 0 Å². The highest BCUT2D eigenvalue weighted by molar-refractivity contribution is 7.99. The molecule has 0 aliphatic carbocycles. The van der Waals surface area contributed by atoms with Gasteiger partial charge in [0.2, 0.25) is 10.0 Å². The molecular weight excluding hydrogens is 413 g/mol. The van der Waals surface area contributed by atoms with Crippen LogP contribution in [0.1, 0.15) is 18.1 Å². The zero-order valence-corrected chi connectivity index (χ0v) is 17.3. The largest absolute Gasteiger partial charge is 0.416 e. The van der Waals surface area contributed by atoms with Crippen molar-refractivity contribution in [3.05, 3.63) is 35.4 Å². The van der Waals surface area contributed by atoms with Gasteiger partial charge in [-0.15, -0.1) is 0 Å². The molecule has 11 heteroatoms. The van der Waals surface area contributed by atoms with Crippen molar-refractivity contribution in [2.24, 2.45) is 4.99 Å². The monoisotopic (exact) mass is 438 g/mol. The van der Waals surface area contributed by atoms with Gasteiger partial charge in [0.1, 0.15) is 0 Å². The minimum Gasteiger partial charge on any atom is -0.357 e. The molecule has 0 amide bonds. The first kappa shape index (κ1) is 22.8. The third-order valence-corrected chi connectivity index (χ3v) is 6.88. The lowest BCUT2D eigenvalue weighted by molar-refractivity contribution is -0.137. The molecule has 1 aromatic carbocycles. The zero-order valence-electron chi connectivity index (χ0n) is 15.6. The molecule has 1 heterocycles. The van der Waals surface area contributed by atoms with E-state index in [1.165, 1.54) is 16.4 Å². The summed E-state index contributed by atoms with van der Waals surface area (Å²) in [6.45, 7) is 3.91. The van der Waals surface area contributed by atoms with Gasteiger partial charge >= 0.3 is 6.18 Å². The molecule has 0 radical (unpaired) electrons. The molecule has 6 nitrogen and oxygen atoms in total. The average molecular weight is 439 g/mol. The molecule has 0 aromatic heterocycles. The van der Waals surface area contributed by atoms with Crippen LogP contribution in [-0.4, -0.2) is 62.1 Å². The molecule has 0 unspecified atom stereocenters. The van der Waals surface area contributed by atoms with E-state index in [2.05, 4.69) is 15.6 Å². The van der Waals surface area contributed by atoms with Gasteiger partial charge in [-0.2, -0.15) is 24.9 Å². The Morgan fingerprint density at radius 3 is 2.39 bits per heavy atom. The SMILES string of the molecule is CCNC(=NCc1ccc(C(F)(F)F)cc1)NCCS(=O)(=O)N1CCSCC1. The van der Waals surface area contributed by atoms with E-state index >= 15 is 0 Å². The molecule has 2 rings (SSSR count). The molecule has 1 aliphatic heterocycles. The molecule has 158 valence electrons. The topological polar surface area (TPSA) is 73.8 Å². The van der Waals surface area contributed by atoms with E-state index in [0.29, 0.717) is 31.2 Å². The minimum absolute atomic E-state index is 0.0393. The van der Waals surface area contributed by atoms with Gasteiger partial charge in [0.15, 0.2) is 5.96 Å².